The Hall–Kier alpha value is -3.67. The molecule has 1 aliphatic carbocycles. The normalized spacial score (nSPS) is 24.3. The van der Waals surface area contributed by atoms with E-state index >= 15 is 0 Å². The van der Waals surface area contributed by atoms with Crippen molar-refractivity contribution in [2.24, 2.45) is 5.92 Å². The number of anilines is 1. The lowest BCUT2D eigenvalue weighted by Crippen LogP contribution is -2.42. The van der Waals surface area contributed by atoms with Gasteiger partial charge in [-0.2, -0.15) is 0 Å². The van der Waals surface area contributed by atoms with Gasteiger partial charge in [-0.3, -0.25) is 9.59 Å². The lowest BCUT2D eigenvalue weighted by atomic mass is 9.72. The summed E-state index contributed by atoms with van der Waals surface area (Å²) < 4.78 is 9.87. The topological polar surface area (TPSA) is 52.9 Å². The molecule has 7 aliphatic rings. The Bertz CT molecular complexity index is 1660. The van der Waals surface area contributed by atoms with Gasteiger partial charge < -0.3 is 14.5 Å². The van der Waals surface area contributed by atoms with Gasteiger partial charge in [-0.15, -0.1) is 0 Å². The molecule has 1 fully saturated rings. The number of hydrogen-bond acceptors (Lipinski definition) is 4. The number of likely N-dealkylation sites (tertiary alicyclic amines) is 1. The molecule has 6 nitrogen and oxygen atoms in total. The van der Waals surface area contributed by atoms with E-state index in [0.717, 1.165) is 50.3 Å². The molecule has 6 heterocycles. The predicted octanol–water partition coefficient (Wildman–Crippen LogP) is 5.70. The monoisotopic (exact) mass is 574 g/mol. The number of ketones is 1. The van der Waals surface area contributed by atoms with Crippen LogP contribution in [0.3, 0.4) is 0 Å². The number of hydrogen-bond donors (Lipinski definition) is 0. The van der Waals surface area contributed by atoms with Crippen molar-refractivity contribution in [1.29, 1.82) is 0 Å². The number of rotatable bonds is 2. The van der Waals surface area contributed by atoms with E-state index in [1.54, 1.807) is 5.71 Å². The SMILES string of the molecule is O=C1CCN(C(=O)c2ccc(C3=C4CC5CCC[N+]6=C5C(=C4Oc4c3cc3c5c4CCCN5CCC3)CCC6)cc2)CC1. The Morgan fingerprint density at radius 3 is 2.49 bits per heavy atom. The number of allylic oxidation sites excluding steroid dienone is 2. The Morgan fingerprint density at radius 1 is 0.860 bits per heavy atom. The lowest BCUT2D eigenvalue weighted by molar-refractivity contribution is -0.538. The third kappa shape index (κ3) is 4.01. The van der Waals surface area contributed by atoms with E-state index in [0.29, 0.717) is 37.4 Å². The zero-order valence-electron chi connectivity index (χ0n) is 25.1. The average Bonchev–Trinajstić information content (AvgIpc) is 3.05. The molecule has 1 atom stereocenters. The fraction of sp³-hybridized carbons (Fsp3) is 0.486. The molecule has 2 aromatic carbocycles. The maximum atomic E-state index is 13.3. The van der Waals surface area contributed by atoms with Gasteiger partial charge in [0.2, 0.25) is 0 Å². The van der Waals surface area contributed by atoms with Crippen LogP contribution in [0.15, 0.2) is 47.2 Å². The smallest absolute Gasteiger partial charge is 0.253 e. The Kier molecular flexibility index (Phi) is 5.96. The Balaban J connectivity index is 1.22. The number of fused-ring (bicyclic) bond motifs is 3. The van der Waals surface area contributed by atoms with E-state index in [9.17, 15) is 9.59 Å². The highest BCUT2D eigenvalue weighted by Crippen LogP contribution is 2.53. The summed E-state index contributed by atoms with van der Waals surface area (Å²) in [4.78, 5) is 29.5. The van der Waals surface area contributed by atoms with Crippen LogP contribution in [-0.4, -0.2) is 66.1 Å². The van der Waals surface area contributed by atoms with Crippen LogP contribution in [0.5, 0.6) is 5.75 Å². The number of nitrogens with zero attached hydrogens (tertiary/aromatic N) is 3. The molecule has 2 aromatic rings. The van der Waals surface area contributed by atoms with Gasteiger partial charge in [0, 0.05) is 85.7 Å². The summed E-state index contributed by atoms with van der Waals surface area (Å²) in [6.45, 7) is 5.71. The summed E-state index contributed by atoms with van der Waals surface area (Å²) in [5.41, 5.74) is 13.3. The molecule has 9 rings (SSSR count). The van der Waals surface area contributed by atoms with Gasteiger partial charge in [0.05, 0.1) is 5.57 Å². The van der Waals surface area contributed by atoms with Gasteiger partial charge in [-0.25, -0.2) is 4.58 Å². The highest BCUT2D eigenvalue weighted by Gasteiger charge is 2.45. The molecule has 6 heteroatoms. The number of carbonyl (C=O) groups excluding carboxylic acids is 2. The van der Waals surface area contributed by atoms with Crippen molar-refractivity contribution in [3.8, 4) is 5.75 Å². The molecular weight excluding hydrogens is 534 g/mol. The van der Waals surface area contributed by atoms with Gasteiger partial charge in [-0.1, -0.05) is 12.1 Å². The van der Waals surface area contributed by atoms with E-state index in [2.05, 4.69) is 27.7 Å². The van der Waals surface area contributed by atoms with E-state index in [-0.39, 0.29) is 11.7 Å². The third-order valence-electron chi connectivity index (χ3n) is 11.1. The minimum absolute atomic E-state index is 0.0342. The molecule has 43 heavy (non-hydrogen) atoms. The van der Waals surface area contributed by atoms with Gasteiger partial charge in [0.15, 0.2) is 5.71 Å². The van der Waals surface area contributed by atoms with Crippen LogP contribution >= 0.6 is 0 Å². The first-order valence-electron chi connectivity index (χ1n) is 16.8. The molecule has 1 saturated heterocycles. The fourth-order valence-corrected chi connectivity index (χ4v) is 9.23. The largest absolute Gasteiger partial charge is 0.455 e. The highest BCUT2D eigenvalue weighted by molar-refractivity contribution is 6.04. The van der Waals surface area contributed by atoms with Crippen LogP contribution in [0.4, 0.5) is 5.69 Å². The molecule has 1 unspecified atom stereocenters. The van der Waals surface area contributed by atoms with E-state index in [1.807, 2.05) is 17.0 Å². The van der Waals surface area contributed by atoms with Crippen molar-refractivity contribution < 1.29 is 18.9 Å². The van der Waals surface area contributed by atoms with Gasteiger partial charge >= 0.3 is 0 Å². The van der Waals surface area contributed by atoms with Crippen molar-refractivity contribution in [1.82, 2.24) is 4.90 Å². The molecule has 0 spiro atoms. The number of piperidine rings is 1. The first-order valence-corrected chi connectivity index (χ1v) is 16.8. The summed E-state index contributed by atoms with van der Waals surface area (Å²) in [6, 6.07) is 10.8. The Labute approximate surface area is 253 Å². The molecule has 0 aromatic heterocycles. The zero-order chi connectivity index (χ0) is 28.7. The molecule has 220 valence electrons. The second-order valence-electron chi connectivity index (χ2n) is 13.6. The standard InChI is InChI=1S/C37H40N3O3/c41-27-13-19-40(20-14-27)37(42)24-11-9-23(10-12-24)32-30-21-25-5-1-15-38-17-3-7-28(33(25)38)35(30)43-36-29-8-4-18-39-16-2-6-26(34(29)39)22-31(32)36/h9-12,21,26H,1-8,13-20,22H2/q+1. The number of ether oxygens (including phenoxy) is 1. The van der Waals surface area contributed by atoms with Crippen molar-refractivity contribution in [2.45, 2.75) is 70.6 Å². The van der Waals surface area contributed by atoms with Gasteiger partial charge in [0.25, 0.3) is 5.91 Å². The maximum Gasteiger partial charge on any atom is 0.253 e. The zero-order valence-corrected chi connectivity index (χ0v) is 25.1. The van der Waals surface area contributed by atoms with Crippen molar-refractivity contribution in [3.63, 3.8) is 0 Å². The van der Waals surface area contributed by atoms with Crippen LogP contribution in [0, 0.1) is 5.92 Å². The molecular formula is C37H40N3O3+. The van der Waals surface area contributed by atoms with Crippen molar-refractivity contribution in [2.75, 3.05) is 44.2 Å². The first kappa shape index (κ1) is 25.8. The minimum atomic E-state index is 0.0342. The molecule has 0 bridgehead atoms. The number of amides is 1. The average molecular weight is 575 g/mol. The molecule has 0 saturated carbocycles. The van der Waals surface area contributed by atoms with E-state index in [4.69, 9.17) is 4.74 Å². The second kappa shape index (κ2) is 9.93. The van der Waals surface area contributed by atoms with Crippen LogP contribution in [0.25, 0.3) is 5.57 Å². The number of Topliss-reactive ketones (excluding diaryl/α,β-unsaturated/α-hetero) is 1. The summed E-state index contributed by atoms with van der Waals surface area (Å²) in [5, 5.41) is 0. The van der Waals surface area contributed by atoms with Crippen LogP contribution in [0.1, 0.15) is 90.4 Å². The molecule has 0 N–H and O–H groups in total. The number of benzene rings is 2. The molecule has 0 radical (unpaired) electrons. The van der Waals surface area contributed by atoms with Gasteiger partial charge in [-0.05, 0) is 79.8 Å². The lowest BCUT2D eigenvalue weighted by Gasteiger charge is -2.42. The quantitative estimate of drug-likeness (QED) is 0.432. The summed E-state index contributed by atoms with van der Waals surface area (Å²) in [6.07, 6.45) is 11.4. The molecule has 6 aliphatic heterocycles. The van der Waals surface area contributed by atoms with Crippen molar-refractivity contribution in [3.05, 3.63) is 75.1 Å². The number of carbonyl (C=O) groups is 2. The Morgan fingerprint density at radius 2 is 1.65 bits per heavy atom. The van der Waals surface area contributed by atoms with Crippen molar-refractivity contribution >= 4 is 28.7 Å². The molecule has 1 amide bonds. The third-order valence-corrected chi connectivity index (χ3v) is 11.1. The van der Waals surface area contributed by atoms with Crippen LogP contribution in [-0.2, 0) is 17.6 Å². The van der Waals surface area contributed by atoms with E-state index < -0.39 is 0 Å². The summed E-state index contributed by atoms with van der Waals surface area (Å²) in [5.74, 6) is 3.09. The highest BCUT2D eigenvalue weighted by atomic mass is 16.5. The summed E-state index contributed by atoms with van der Waals surface area (Å²) >= 11 is 0. The van der Waals surface area contributed by atoms with Gasteiger partial charge in [0.1, 0.15) is 30.4 Å². The second-order valence-corrected chi connectivity index (χ2v) is 13.6. The summed E-state index contributed by atoms with van der Waals surface area (Å²) in [7, 11) is 0. The fourth-order valence-electron chi connectivity index (χ4n) is 9.23. The predicted molar refractivity (Wildman–Crippen MR) is 167 cm³/mol. The minimum Gasteiger partial charge on any atom is -0.455 e. The first-order chi connectivity index (χ1) is 21.1. The number of aryl methyl sites for hydroxylation is 1. The van der Waals surface area contributed by atoms with E-state index in [1.165, 1.54) is 89.9 Å². The maximum absolute atomic E-state index is 13.3. The van der Waals surface area contributed by atoms with Crippen LogP contribution in [0.2, 0.25) is 0 Å². The van der Waals surface area contributed by atoms with Crippen LogP contribution < -0.4 is 9.64 Å².